The molecule has 0 saturated heterocycles. The number of benzene rings is 4. The summed E-state index contributed by atoms with van der Waals surface area (Å²) in [5, 5.41) is 0. The second-order valence-electron chi connectivity index (χ2n) is 11.0. The summed E-state index contributed by atoms with van der Waals surface area (Å²) < 4.78 is 13.1. The molecule has 1 unspecified atom stereocenters. The maximum absolute atomic E-state index is 13.4. The molecule has 214 valence electrons. The van der Waals surface area contributed by atoms with E-state index >= 15 is 0 Å². The molecule has 0 aromatic heterocycles. The van der Waals surface area contributed by atoms with Crippen LogP contribution >= 0.6 is 0 Å². The lowest BCUT2D eigenvalue weighted by molar-refractivity contribution is -0.106. The van der Waals surface area contributed by atoms with Crippen molar-refractivity contribution in [3.05, 3.63) is 113 Å². The van der Waals surface area contributed by atoms with E-state index in [2.05, 4.69) is 30.9 Å². The SMILES string of the molecule is CCCCN(CCCC)c1ccc2c(c1)Oc1cc(C)c(N(C=O)c3ccccc3)cc1C21OC(=O)c2ccccc21. The predicted octanol–water partition coefficient (Wildman–Crippen LogP) is 8.26. The molecule has 4 aromatic rings. The molecule has 0 saturated carbocycles. The van der Waals surface area contributed by atoms with Gasteiger partial charge in [0.25, 0.3) is 0 Å². The molecule has 6 rings (SSSR count). The first-order valence-electron chi connectivity index (χ1n) is 14.9. The number of fused-ring (bicyclic) bond motifs is 6. The van der Waals surface area contributed by atoms with Gasteiger partial charge in [0.1, 0.15) is 11.5 Å². The summed E-state index contributed by atoms with van der Waals surface area (Å²) in [5.41, 5.74) is 4.97. The normalized spacial score (nSPS) is 16.2. The first-order valence-corrected chi connectivity index (χ1v) is 14.9. The molecular formula is C36H36N2O4. The lowest BCUT2D eigenvalue weighted by Gasteiger charge is -2.38. The van der Waals surface area contributed by atoms with Crippen molar-refractivity contribution < 1.29 is 19.1 Å². The van der Waals surface area contributed by atoms with E-state index < -0.39 is 5.60 Å². The number of hydrogen-bond acceptors (Lipinski definition) is 5. The number of anilines is 3. The Kier molecular flexibility index (Phi) is 7.46. The van der Waals surface area contributed by atoms with Gasteiger partial charge in [0, 0.05) is 47.2 Å². The van der Waals surface area contributed by atoms with Crippen molar-refractivity contribution in [1.82, 2.24) is 0 Å². The highest BCUT2D eigenvalue weighted by molar-refractivity contribution is 5.97. The van der Waals surface area contributed by atoms with Crippen molar-refractivity contribution in [2.24, 2.45) is 0 Å². The summed E-state index contributed by atoms with van der Waals surface area (Å²) in [7, 11) is 0. The molecule has 1 amide bonds. The highest BCUT2D eigenvalue weighted by atomic mass is 16.6. The van der Waals surface area contributed by atoms with E-state index in [-0.39, 0.29) is 5.97 Å². The van der Waals surface area contributed by atoms with Crippen LogP contribution in [0, 0.1) is 6.92 Å². The van der Waals surface area contributed by atoms with Crippen LogP contribution in [0.15, 0.2) is 84.9 Å². The number of ether oxygens (including phenoxy) is 2. The van der Waals surface area contributed by atoms with Gasteiger partial charge in [0.05, 0.1) is 11.3 Å². The van der Waals surface area contributed by atoms with Gasteiger partial charge in [-0.05, 0) is 67.8 Å². The fourth-order valence-electron chi connectivity index (χ4n) is 6.17. The fraction of sp³-hybridized carbons (Fsp3) is 0.278. The van der Waals surface area contributed by atoms with Crippen LogP contribution in [0.1, 0.15) is 72.1 Å². The van der Waals surface area contributed by atoms with Gasteiger partial charge < -0.3 is 14.4 Å². The maximum atomic E-state index is 13.4. The Bertz CT molecular complexity index is 1630. The van der Waals surface area contributed by atoms with Gasteiger partial charge in [0.15, 0.2) is 5.60 Å². The zero-order chi connectivity index (χ0) is 29.3. The fourth-order valence-corrected chi connectivity index (χ4v) is 6.17. The van der Waals surface area contributed by atoms with Crippen molar-refractivity contribution in [2.45, 2.75) is 52.1 Å². The Balaban J connectivity index is 1.55. The molecule has 1 spiro atoms. The van der Waals surface area contributed by atoms with Crippen LogP contribution in [-0.4, -0.2) is 25.5 Å². The monoisotopic (exact) mass is 560 g/mol. The third-order valence-electron chi connectivity index (χ3n) is 8.34. The number of esters is 1. The minimum absolute atomic E-state index is 0.376. The van der Waals surface area contributed by atoms with Gasteiger partial charge in [-0.2, -0.15) is 0 Å². The van der Waals surface area contributed by atoms with Crippen molar-refractivity contribution in [2.75, 3.05) is 22.9 Å². The maximum Gasteiger partial charge on any atom is 0.340 e. The summed E-state index contributed by atoms with van der Waals surface area (Å²) >= 11 is 0. The highest BCUT2D eigenvalue weighted by Crippen LogP contribution is 2.57. The van der Waals surface area contributed by atoms with Crippen LogP contribution in [-0.2, 0) is 15.1 Å². The molecular weight excluding hydrogens is 524 g/mol. The van der Waals surface area contributed by atoms with Crippen LogP contribution in [0.4, 0.5) is 17.1 Å². The highest BCUT2D eigenvalue weighted by Gasteiger charge is 2.53. The number of carbonyl (C=O) groups is 2. The minimum atomic E-state index is -1.21. The van der Waals surface area contributed by atoms with Crippen molar-refractivity contribution in [1.29, 1.82) is 0 Å². The van der Waals surface area contributed by atoms with E-state index in [1.165, 1.54) is 0 Å². The predicted molar refractivity (Wildman–Crippen MR) is 166 cm³/mol. The first-order chi connectivity index (χ1) is 20.5. The molecule has 6 nitrogen and oxygen atoms in total. The molecule has 6 heteroatoms. The Labute approximate surface area is 247 Å². The molecule has 0 fully saturated rings. The lowest BCUT2D eigenvalue weighted by Crippen LogP contribution is -2.34. The molecule has 2 aliphatic heterocycles. The molecule has 42 heavy (non-hydrogen) atoms. The van der Waals surface area contributed by atoms with Crippen molar-refractivity contribution in [3.63, 3.8) is 0 Å². The number of unbranched alkanes of at least 4 members (excludes halogenated alkanes) is 2. The second-order valence-corrected chi connectivity index (χ2v) is 11.0. The number of amides is 1. The molecule has 2 aliphatic rings. The van der Waals surface area contributed by atoms with E-state index in [1.807, 2.05) is 79.7 Å². The average molecular weight is 561 g/mol. The molecule has 0 radical (unpaired) electrons. The molecule has 2 heterocycles. The number of para-hydroxylation sites is 1. The Morgan fingerprint density at radius 1 is 0.762 bits per heavy atom. The van der Waals surface area contributed by atoms with E-state index in [4.69, 9.17) is 9.47 Å². The molecule has 0 bridgehead atoms. The van der Waals surface area contributed by atoms with Crippen LogP contribution < -0.4 is 14.5 Å². The van der Waals surface area contributed by atoms with Crippen LogP contribution in [0.3, 0.4) is 0 Å². The third-order valence-corrected chi connectivity index (χ3v) is 8.34. The summed E-state index contributed by atoms with van der Waals surface area (Å²) in [6.07, 6.45) is 5.27. The summed E-state index contributed by atoms with van der Waals surface area (Å²) in [5.74, 6) is 0.904. The quantitative estimate of drug-likeness (QED) is 0.144. The van der Waals surface area contributed by atoms with Crippen LogP contribution in [0.5, 0.6) is 11.5 Å². The third kappa shape index (κ3) is 4.51. The van der Waals surface area contributed by atoms with Gasteiger partial charge in [-0.15, -0.1) is 0 Å². The number of carbonyl (C=O) groups excluding carboxylic acids is 2. The standard InChI is InChI=1S/C36H36N2O4/c1-4-6-19-37(20-7-5-2)27-17-18-30-34(22-27)41-33-21-25(3)32(38(24-39)26-13-9-8-10-14-26)23-31(33)36(30)29-16-12-11-15-28(29)35(40)42-36/h8-18,21-24H,4-7,19-20H2,1-3H3. The van der Waals surface area contributed by atoms with Gasteiger partial charge in [-0.25, -0.2) is 4.79 Å². The molecule has 4 aromatic carbocycles. The van der Waals surface area contributed by atoms with E-state index in [0.717, 1.165) is 73.2 Å². The smallest absolute Gasteiger partial charge is 0.340 e. The van der Waals surface area contributed by atoms with Crippen molar-refractivity contribution >= 4 is 29.4 Å². The zero-order valence-corrected chi connectivity index (χ0v) is 24.4. The largest absolute Gasteiger partial charge is 0.456 e. The first kappa shape index (κ1) is 27.6. The van der Waals surface area contributed by atoms with Gasteiger partial charge in [0.2, 0.25) is 6.41 Å². The average Bonchev–Trinajstić information content (AvgIpc) is 3.31. The van der Waals surface area contributed by atoms with Gasteiger partial charge in [-0.1, -0.05) is 63.1 Å². The number of aryl methyl sites for hydroxylation is 1. The number of nitrogens with zero attached hydrogens (tertiary/aromatic N) is 2. The summed E-state index contributed by atoms with van der Waals surface area (Å²) in [6, 6.07) is 27.2. The zero-order valence-electron chi connectivity index (χ0n) is 24.4. The van der Waals surface area contributed by atoms with E-state index in [0.29, 0.717) is 28.3 Å². The summed E-state index contributed by atoms with van der Waals surface area (Å²) in [4.78, 5) is 29.9. The summed E-state index contributed by atoms with van der Waals surface area (Å²) in [6.45, 7) is 8.32. The van der Waals surface area contributed by atoms with E-state index in [9.17, 15) is 9.59 Å². The number of rotatable bonds is 10. The van der Waals surface area contributed by atoms with Crippen LogP contribution in [0.2, 0.25) is 0 Å². The minimum Gasteiger partial charge on any atom is -0.456 e. The Morgan fingerprint density at radius 2 is 1.45 bits per heavy atom. The van der Waals surface area contributed by atoms with E-state index in [1.54, 1.807) is 4.90 Å². The lowest BCUT2D eigenvalue weighted by atomic mass is 9.77. The van der Waals surface area contributed by atoms with Crippen LogP contribution in [0.25, 0.3) is 0 Å². The number of hydrogen-bond donors (Lipinski definition) is 0. The Morgan fingerprint density at radius 3 is 2.17 bits per heavy atom. The molecule has 0 N–H and O–H groups in total. The second kappa shape index (κ2) is 11.4. The molecule has 1 atom stereocenters. The van der Waals surface area contributed by atoms with Gasteiger partial charge in [-0.3, -0.25) is 9.69 Å². The van der Waals surface area contributed by atoms with Gasteiger partial charge >= 0.3 is 5.97 Å². The molecule has 0 aliphatic carbocycles. The topological polar surface area (TPSA) is 59.1 Å². The van der Waals surface area contributed by atoms with Crippen molar-refractivity contribution in [3.8, 4) is 11.5 Å². The Hall–Kier alpha value is -4.58.